The molecule has 0 amide bonds. The van der Waals surface area contributed by atoms with E-state index in [0.717, 1.165) is 5.69 Å². The van der Waals surface area contributed by atoms with Gasteiger partial charge >= 0.3 is 6.36 Å². The second-order valence-electron chi connectivity index (χ2n) is 3.35. The maximum Gasteiger partial charge on any atom is 0.573 e. The number of aromatic nitrogens is 1. The largest absolute Gasteiger partial charge is 0.573 e. The van der Waals surface area contributed by atoms with Crippen LogP contribution in [0.4, 0.5) is 18.9 Å². The highest BCUT2D eigenvalue weighted by atomic mass is 19.4. The van der Waals surface area contributed by atoms with Gasteiger partial charge in [-0.2, -0.15) is 0 Å². The smallest absolute Gasteiger partial charge is 0.406 e. The van der Waals surface area contributed by atoms with Crippen molar-refractivity contribution in [3.8, 4) is 5.75 Å². The Morgan fingerprint density at radius 2 is 1.58 bits per heavy atom. The molecule has 0 bridgehead atoms. The van der Waals surface area contributed by atoms with Gasteiger partial charge in [-0.25, -0.2) is 0 Å². The van der Waals surface area contributed by atoms with E-state index in [1.165, 1.54) is 24.3 Å². The van der Waals surface area contributed by atoms with Crippen LogP contribution in [0.15, 0.2) is 54.9 Å². The van der Waals surface area contributed by atoms with Crippen molar-refractivity contribution < 1.29 is 17.9 Å². The van der Waals surface area contributed by atoms with Gasteiger partial charge in [-0.1, -0.05) is 6.07 Å². The van der Waals surface area contributed by atoms with Gasteiger partial charge in [0.05, 0.1) is 0 Å². The second kappa shape index (κ2) is 7.25. The second-order valence-corrected chi connectivity index (χ2v) is 3.35. The number of anilines is 1. The van der Waals surface area contributed by atoms with Crippen molar-refractivity contribution >= 4 is 5.69 Å². The van der Waals surface area contributed by atoms with Crippen molar-refractivity contribution in [2.75, 3.05) is 12.4 Å². The van der Waals surface area contributed by atoms with Crippen molar-refractivity contribution in [1.29, 1.82) is 0 Å². The summed E-state index contributed by atoms with van der Waals surface area (Å²) in [4.78, 5) is 3.78. The molecule has 0 atom stereocenters. The van der Waals surface area contributed by atoms with Crippen molar-refractivity contribution in [2.24, 2.45) is 0 Å². The number of nitrogens with zero attached hydrogens (tertiary/aromatic N) is 1. The first kappa shape index (κ1) is 14.8. The lowest BCUT2D eigenvalue weighted by molar-refractivity contribution is -0.274. The molecule has 3 nitrogen and oxygen atoms in total. The highest BCUT2D eigenvalue weighted by molar-refractivity contribution is 5.45. The van der Waals surface area contributed by atoms with Gasteiger partial charge in [0, 0.05) is 25.1 Å². The fourth-order valence-electron chi connectivity index (χ4n) is 1.14. The van der Waals surface area contributed by atoms with Gasteiger partial charge in [-0.15, -0.1) is 13.2 Å². The number of rotatable bonds is 2. The lowest BCUT2D eigenvalue weighted by Crippen LogP contribution is -2.16. The highest BCUT2D eigenvalue weighted by Gasteiger charge is 2.30. The summed E-state index contributed by atoms with van der Waals surface area (Å²) in [6.07, 6.45) is -1.12. The maximum absolute atomic E-state index is 11.7. The molecule has 0 radical (unpaired) electrons. The quantitative estimate of drug-likeness (QED) is 0.903. The summed E-state index contributed by atoms with van der Waals surface area (Å²) in [5.41, 5.74) is 0.731. The molecule has 0 saturated carbocycles. The Hall–Kier alpha value is -2.24. The van der Waals surface area contributed by atoms with E-state index in [-0.39, 0.29) is 5.75 Å². The Morgan fingerprint density at radius 1 is 1.00 bits per heavy atom. The number of alkyl halides is 3. The normalized spacial score (nSPS) is 10.1. The van der Waals surface area contributed by atoms with Crippen LogP contribution >= 0.6 is 0 Å². The van der Waals surface area contributed by atoms with Gasteiger partial charge in [0.1, 0.15) is 5.75 Å². The summed E-state index contributed by atoms with van der Waals surface area (Å²) in [6.45, 7) is 0. The van der Waals surface area contributed by atoms with Gasteiger partial charge in [0.2, 0.25) is 0 Å². The zero-order chi connectivity index (χ0) is 14.1. The summed E-state index contributed by atoms with van der Waals surface area (Å²) in [6, 6.07) is 11.2. The monoisotopic (exact) mass is 270 g/mol. The van der Waals surface area contributed by atoms with Crippen molar-refractivity contribution in [3.63, 3.8) is 0 Å². The molecule has 6 heteroatoms. The van der Waals surface area contributed by atoms with Crippen LogP contribution in [0.3, 0.4) is 0 Å². The minimum absolute atomic E-state index is 0.216. The number of halogens is 3. The molecule has 1 N–H and O–H groups in total. The van der Waals surface area contributed by atoms with Crippen LogP contribution in [0.5, 0.6) is 5.75 Å². The van der Waals surface area contributed by atoms with E-state index in [4.69, 9.17) is 0 Å². The van der Waals surface area contributed by atoms with Crippen LogP contribution < -0.4 is 10.1 Å². The molecule has 0 fully saturated rings. The van der Waals surface area contributed by atoms with E-state index in [9.17, 15) is 13.2 Å². The number of benzene rings is 1. The van der Waals surface area contributed by atoms with Crippen LogP contribution in [0.25, 0.3) is 0 Å². The highest BCUT2D eigenvalue weighted by Crippen LogP contribution is 2.23. The Balaban J connectivity index is 0.000000250. The van der Waals surface area contributed by atoms with E-state index in [1.54, 1.807) is 19.4 Å². The third-order valence-electron chi connectivity index (χ3n) is 1.94. The van der Waals surface area contributed by atoms with Gasteiger partial charge in [0.25, 0.3) is 0 Å². The third kappa shape index (κ3) is 6.92. The zero-order valence-electron chi connectivity index (χ0n) is 10.2. The standard InChI is InChI=1S/C8H8F3NO.C5H5N/c1-12-6-2-4-7(5-3-6)13-8(9,10)11;1-2-4-6-5-3-1/h2-5,12H,1H3;1-5H. The molecule has 0 aliphatic carbocycles. The molecular weight excluding hydrogens is 257 g/mol. The summed E-state index contributed by atoms with van der Waals surface area (Å²) in [5.74, 6) is -0.216. The third-order valence-corrected chi connectivity index (χ3v) is 1.94. The van der Waals surface area contributed by atoms with Crippen LogP contribution in [0.2, 0.25) is 0 Å². The first-order valence-electron chi connectivity index (χ1n) is 5.40. The van der Waals surface area contributed by atoms with Crippen LogP contribution in [0.1, 0.15) is 0 Å². The lowest BCUT2D eigenvalue weighted by Gasteiger charge is -2.08. The van der Waals surface area contributed by atoms with E-state index in [0.29, 0.717) is 0 Å². The Kier molecular flexibility index (Phi) is 5.66. The molecule has 1 aromatic heterocycles. The van der Waals surface area contributed by atoms with E-state index >= 15 is 0 Å². The Bertz CT molecular complexity index is 431. The molecule has 0 saturated heterocycles. The predicted octanol–water partition coefficient (Wildman–Crippen LogP) is 3.71. The first-order chi connectivity index (χ1) is 9.01. The number of pyridine rings is 1. The number of ether oxygens (including phenoxy) is 1. The summed E-state index contributed by atoms with van der Waals surface area (Å²) < 4.78 is 38.7. The van der Waals surface area contributed by atoms with E-state index in [1.807, 2.05) is 18.2 Å². The van der Waals surface area contributed by atoms with Crippen LogP contribution in [-0.2, 0) is 0 Å². The summed E-state index contributed by atoms with van der Waals surface area (Å²) in [7, 11) is 1.68. The zero-order valence-corrected chi connectivity index (χ0v) is 10.2. The molecule has 0 aliphatic rings. The van der Waals surface area contributed by atoms with Crippen molar-refractivity contribution in [2.45, 2.75) is 6.36 Å². The molecule has 0 spiro atoms. The SMILES string of the molecule is CNc1ccc(OC(F)(F)F)cc1.c1ccncc1. The molecule has 2 aromatic rings. The fourth-order valence-corrected chi connectivity index (χ4v) is 1.14. The predicted molar refractivity (Wildman–Crippen MR) is 66.9 cm³/mol. The van der Waals surface area contributed by atoms with Crippen LogP contribution in [0, 0.1) is 0 Å². The lowest BCUT2D eigenvalue weighted by atomic mass is 10.3. The van der Waals surface area contributed by atoms with Gasteiger partial charge in [0.15, 0.2) is 0 Å². The number of hydrogen-bond donors (Lipinski definition) is 1. The van der Waals surface area contributed by atoms with E-state index < -0.39 is 6.36 Å². The molecule has 102 valence electrons. The molecule has 0 unspecified atom stereocenters. The van der Waals surface area contributed by atoms with Gasteiger partial charge < -0.3 is 10.1 Å². The number of nitrogens with one attached hydrogen (secondary N) is 1. The van der Waals surface area contributed by atoms with Gasteiger partial charge in [-0.05, 0) is 36.4 Å². The minimum Gasteiger partial charge on any atom is -0.406 e. The topological polar surface area (TPSA) is 34.1 Å². The molecule has 2 rings (SSSR count). The Labute approximate surface area is 109 Å². The van der Waals surface area contributed by atoms with Crippen molar-refractivity contribution in [3.05, 3.63) is 54.9 Å². The molecule has 19 heavy (non-hydrogen) atoms. The average molecular weight is 270 g/mol. The van der Waals surface area contributed by atoms with E-state index in [2.05, 4.69) is 15.0 Å². The summed E-state index contributed by atoms with van der Waals surface area (Å²) >= 11 is 0. The maximum atomic E-state index is 11.7. The fraction of sp³-hybridized carbons (Fsp3) is 0.154. The minimum atomic E-state index is -4.62. The molecular formula is C13H13F3N2O. The molecule has 1 aromatic carbocycles. The number of hydrogen-bond acceptors (Lipinski definition) is 3. The summed E-state index contributed by atoms with van der Waals surface area (Å²) in [5, 5.41) is 2.78. The molecule has 1 heterocycles. The van der Waals surface area contributed by atoms with Crippen molar-refractivity contribution in [1.82, 2.24) is 4.98 Å². The first-order valence-corrected chi connectivity index (χ1v) is 5.40. The average Bonchev–Trinajstić information content (AvgIpc) is 2.40. The Morgan fingerprint density at radius 3 is 1.89 bits per heavy atom. The van der Waals surface area contributed by atoms with Gasteiger partial charge in [-0.3, -0.25) is 4.98 Å². The molecule has 0 aliphatic heterocycles. The van der Waals surface area contributed by atoms with Crippen LogP contribution in [-0.4, -0.2) is 18.4 Å².